The number of carbonyl (C=O) groups excluding carboxylic acids is 2. The van der Waals surface area contributed by atoms with E-state index in [9.17, 15) is 18.4 Å². The molecule has 9 nitrogen and oxygen atoms in total. The van der Waals surface area contributed by atoms with E-state index in [0.717, 1.165) is 16.6 Å². The van der Waals surface area contributed by atoms with Gasteiger partial charge in [-0.05, 0) is 63.9 Å². The van der Waals surface area contributed by atoms with Crippen molar-refractivity contribution in [2.24, 2.45) is 0 Å². The second-order valence-corrected chi connectivity index (χ2v) is 11.3. The maximum atomic E-state index is 13.2. The van der Waals surface area contributed by atoms with Gasteiger partial charge in [0, 0.05) is 43.8 Å². The quantitative estimate of drug-likeness (QED) is 0.426. The first-order chi connectivity index (χ1) is 18.4. The van der Waals surface area contributed by atoms with Gasteiger partial charge >= 0.3 is 12.7 Å². The molecule has 3 N–H and O–H groups in total. The molecule has 1 aromatic carbocycles. The standard InChI is InChI=1S/C27H33F2N5O4S/c1-16-5-7-18-21(30)22(39-24(18)32-16)23(35)31-10-9-17-6-8-19(20(15-17)37-25(28)29)33-11-13-34(14-12-33)26(36)38-27(2,3)4/h5-8,15,25H,9-14,30H2,1-4H3,(H,31,35). The van der Waals surface area contributed by atoms with E-state index in [1.165, 1.54) is 11.3 Å². The van der Waals surface area contributed by atoms with Crippen LogP contribution < -0.4 is 20.7 Å². The summed E-state index contributed by atoms with van der Waals surface area (Å²) in [5, 5.41) is 3.59. The van der Waals surface area contributed by atoms with Crippen molar-refractivity contribution in [1.82, 2.24) is 15.2 Å². The van der Waals surface area contributed by atoms with Crippen LogP contribution in [0.25, 0.3) is 10.2 Å². The highest BCUT2D eigenvalue weighted by atomic mass is 32.1. The summed E-state index contributed by atoms with van der Waals surface area (Å²) in [6, 6.07) is 8.81. The zero-order chi connectivity index (χ0) is 28.3. The first-order valence-electron chi connectivity index (χ1n) is 12.7. The Kier molecular flexibility index (Phi) is 8.43. The van der Waals surface area contributed by atoms with Gasteiger partial charge in [-0.2, -0.15) is 8.78 Å². The van der Waals surface area contributed by atoms with Gasteiger partial charge in [-0.1, -0.05) is 6.07 Å². The van der Waals surface area contributed by atoms with E-state index in [1.54, 1.807) is 37.8 Å². The van der Waals surface area contributed by atoms with Crippen molar-refractivity contribution in [3.63, 3.8) is 0 Å². The maximum absolute atomic E-state index is 13.2. The lowest BCUT2D eigenvalue weighted by Crippen LogP contribution is -2.50. The molecular weight excluding hydrogens is 528 g/mol. The molecule has 2 amide bonds. The molecule has 210 valence electrons. The molecule has 0 atom stereocenters. The number of aromatic nitrogens is 1. The van der Waals surface area contributed by atoms with Gasteiger partial charge in [0.05, 0.1) is 11.4 Å². The molecule has 0 spiro atoms. The number of ether oxygens (including phenoxy) is 2. The Balaban J connectivity index is 1.38. The zero-order valence-electron chi connectivity index (χ0n) is 22.4. The third-order valence-electron chi connectivity index (χ3n) is 6.15. The van der Waals surface area contributed by atoms with E-state index in [0.29, 0.717) is 53.7 Å². The minimum Gasteiger partial charge on any atom is -0.444 e. The van der Waals surface area contributed by atoms with Gasteiger partial charge in [-0.25, -0.2) is 9.78 Å². The van der Waals surface area contributed by atoms with Crippen LogP contribution in [-0.4, -0.2) is 66.8 Å². The second-order valence-electron chi connectivity index (χ2n) is 10.3. The van der Waals surface area contributed by atoms with E-state index in [2.05, 4.69) is 10.3 Å². The molecule has 0 saturated carbocycles. The van der Waals surface area contributed by atoms with Crippen LogP contribution in [0.3, 0.4) is 0 Å². The smallest absolute Gasteiger partial charge is 0.410 e. The van der Waals surface area contributed by atoms with Gasteiger partial charge in [0.2, 0.25) is 0 Å². The fraction of sp³-hybridized carbons (Fsp3) is 0.444. The summed E-state index contributed by atoms with van der Waals surface area (Å²) in [6.45, 7) is 6.25. The SMILES string of the molecule is Cc1ccc2c(N)c(C(=O)NCCc3ccc(N4CCN(C(=O)OC(C)(C)C)CC4)c(OC(F)F)c3)sc2n1. The molecule has 0 unspecified atom stereocenters. The van der Waals surface area contributed by atoms with Gasteiger partial charge in [0.15, 0.2) is 0 Å². The normalized spacial score (nSPS) is 14.1. The highest BCUT2D eigenvalue weighted by Crippen LogP contribution is 2.33. The van der Waals surface area contributed by atoms with Crippen molar-refractivity contribution >= 4 is 44.9 Å². The number of nitrogens with one attached hydrogen (secondary N) is 1. The van der Waals surface area contributed by atoms with E-state index in [-0.39, 0.29) is 18.2 Å². The molecule has 0 radical (unpaired) electrons. The molecule has 1 aliphatic rings. The Bertz CT molecular complexity index is 1350. The van der Waals surface area contributed by atoms with Crippen LogP contribution in [0.5, 0.6) is 5.75 Å². The highest BCUT2D eigenvalue weighted by molar-refractivity contribution is 7.21. The number of hydrogen-bond acceptors (Lipinski definition) is 8. The summed E-state index contributed by atoms with van der Waals surface area (Å²) in [6.07, 6.45) is 0.00703. The minimum absolute atomic E-state index is 0.0507. The van der Waals surface area contributed by atoms with Crippen molar-refractivity contribution in [3.05, 3.63) is 46.5 Å². The summed E-state index contributed by atoms with van der Waals surface area (Å²) in [7, 11) is 0. The van der Waals surface area contributed by atoms with E-state index < -0.39 is 18.3 Å². The molecule has 4 rings (SSSR count). The molecular formula is C27H33F2N5O4S. The predicted molar refractivity (Wildman–Crippen MR) is 148 cm³/mol. The number of nitrogens with zero attached hydrogens (tertiary/aromatic N) is 3. The second kappa shape index (κ2) is 11.6. The molecule has 1 aliphatic heterocycles. The molecule has 0 bridgehead atoms. The number of rotatable bonds is 7. The zero-order valence-corrected chi connectivity index (χ0v) is 23.2. The summed E-state index contributed by atoms with van der Waals surface area (Å²) >= 11 is 1.23. The van der Waals surface area contributed by atoms with Crippen molar-refractivity contribution < 1.29 is 27.8 Å². The van der Waals surface area contributed by atoms with Crippen LogP contribution in [-0.2, 0) is 11.2 Å². The van der Waals surface area contributed by atoms with Crippen LogP contribution in [0.4, 0.5) is 25.0 Å². The molecule has 3 aromatic rings. The van der Waals surface area contributed by atoms with E-state index in [4.69, 9.17) is 15.2 Å². The number of piperazine rings is 1. The lowest BCUT2D eigenvalue weighted by atomic mass is 10.1. The number of carbonyl (C=O) groups is 2. The third kappa shape index (κ3) is 7.05. The molecule has 1 fully saturated rings. The van der Waals surface area contributed by atoms with Crippen LogP contribution in [0, 0.1) is 6.92 Å². The number of amides is 2. The van der Waals surface area contributed by atoms with E-state index >= 15 is 0 Å². The van der Waals surface area contributed by atoms with Gasteiger partial charge in [-0.3, -0.25) is 4.79 Å². The number of nitrogen functional groups attached to an aromatic ring is 1. The average molecular weight is 562 g/mol. The third-order valence-corrected chi connectivity index (χ3v) is 7.26. The van der Waals surface area contributed by atoms with Crippen molar-refractivity contribution in [1.29, 1.82) is 0 Å². The summed E-state index contributed by atoms with van der Waals surface area (Å²) < 4.78 is 36.7. The van der Waals surface area contributed by atoms with Gasteiger partial charge in [0.1, 0.15) is 21.1 Å². The molecule has 3 heterocycles. The fourth-order valence-corrected chi connectivity index (χ4v) is 5.34. The predicted octanol–water partition coefficient (Wildman–Crippen LogP) is 4.82. The van der Waals surface area contributed by atoms with E-state index in [1.807, 2.05) is 30.0 Å². The maximum Gasteiger partial charge on any atom is 0.410 e. The largest absolute Gasteiger partial charge is 0.444 e. The van der Waals surface area contributed by atoms with Crippen LogP contribution in [0.1, 0.15) is 41.7 Å². The number of benzene rings is 1. The Morgan fingerprint density at radius 2 is 1.87 bits per heavy atom. The summed E-state index contributed by atoms with van der Waals surface area (Å²) in [4.78, 5) is 34.1. The lowest BCUT2D eigenvalue weighted by Gasteiger charge is -2.37. The number of nitrogens with two attached hydrogens (primary N) is 1. The summed E-state index contributed by atoms with van der Waals surface area (Å²) in [5.41, 5.74) is 8.05. The van der Waals surface area contributed by atoms with Gasteiger partial charge < -0.3 is 30.3 Å². The first kappa shape index (κ1) is 28.3. The number of hydrogen-bond donors (Lipinski definition) is 2. The van der Waals surface area contributed by atoms with Gasteiger partial charge in [-0.15, -0.1) is 11.3 Å². The van der Waals surface area contributed by atoms with Crippen LogP contribution >= 0.6 is 11.3 Å². The highest BCUT2D eigenvalue weighted by Gasteiger charge is 2.27. The van der Waals surface area contributed by atoms with Crippen molar-refractivity contribution in [2.45, 2.75) is 46.3 Å². The van der Waals surface area contributed by atoms with Crippen molar-refractivity contribution in [3.8, 4) is 5.75 Å². The first-order valence-corrected chi connectivity index (χ1v) is 13.5. The Labute approximate surface area is 229 Å². The molecule has 1 saturated heterocycles. The number of thiophene rings is 1. The molecule has 12 heteroatoms. The number of anilines is 2. The van der Waals surface area contributed by atoms with Crippen LogP contribution in [0.15, 0.2) is 30.3 Å². The van der Waals surface area contributed by atoms with Crippen molar-refractivity contribution in [2.75, 3.05) is 43.4 Å². The minimum atomic E-state index is -2.99. The van der Waals surface area contributed by atoms with Crippen LogP contribution in [0.2, 0.25) is 0 Å². The topological polar surface area (TPSA) is 110 Å². The fourth-order valence-electron chi connectivity index (χ4n) is 4.28. The number of aryl methyl sites for hydroxylation is 1. The monoisotopic (exact) mass is 561 g/mol. The molecule has 39 heavy (non-hydrogen) atoms. The molecule has 0 aliphatic carbocycles. The number of alkyl halides is 2. The number of halogens is 2. The number of fused-ring (bicyclic) bond motifs is 1. The Morgan fingerprint density at radius 1 is 1.15 bits per heavy atom. The lowest BCUT2D eigenvalue weighted by molar-refractivity contribution is -0.0495. The average Bonchev–Trinajstić information content (AvgIpc) is 3.18. The number of pyridine rings is 1. The Morgan fingerprint density at radius 3 is 2.54 bits per heavy atom. The molecule has 2 aromatic heterocycles. The Hall–Kier alpha value is -3.67. The van der Waals surface area contributed by atoms with Gasteiger partial charge in [0.25, 0.3) is 5.91 Å². The summed E-state index contributed by atoms with van der Waals surface area (Å²) in [5.74, 6) is -0.258.